The molecule has 1 rings (SSSR count). The Kier molecular flexibility index (Phi) is 6.50. The maximum atomic E-state index is 12.1. The molecular formula is C16H21NO5S. The summed E-state index contributed by atoms with van der Waals surface area (Å²) >= 11 is 0. The summed E-state index contributed by atoms with van der Waals surface area (Å²) in [6.45, 7) is 7.24. The number of methoxy groups -OCH3 is 1. The number of ether oxygens (including phenoxy) is 1. The molecule has 0 saturated carbocycles. The number of amides is 1. The normalized spacial score (nSPS) is 12.3. The lowest BCUT2D eigenvalue weighted by molar-refractivity contribution is -0.147. The zero-order valence-electron chi connectivity index (χ0n) is 13.5. The van der Waals surface area contributed by atoms with Crippen LogP contribution in [0.15, 0.2) is 41.3 Å². The predicted molar refractivity (Wildman–Crippen MR) is 86.1 cm³/mol. The maximum absolute atomic E-state index is 12.1. The van der Waals surface area contributed by atoms with Gasteiger partial charge in [-0.2, -0.15) is 0 Å². The van der Waals surface area contributed by atoms with Gasteiger partial charge in [0.2, 0.25) is 5.91 Å². The van der Waals surface area contributed by atoms with E-state index in [1.165, 1.54) is 19.2 Å². The fraction of sp³-hybridized carbons (Fsp3) is 0.375. The van der Waals surface area contributed by atoms with Crippen LogP contribution in [0.1, 0.15) is 25.3 Å². The quantitative estimate of drug-likeness (QED) is 0.606. The Bertz CT molecular complexity index is 692. The molecule has 23 heavy (non-hydrogen) atoms. The average molecular weight is 339 g/mol. The molecule has 0 aliphatic carbocycles. The predicted octanol–water partition coefficient (Wildman–Crippen LogP) is 1.95. The van der Waals surface area contributed by atoms with E-state index in [4.69, 9.17) is 0 Å². The SMILES string of the molecule is C=C(C)CC(CC(=O)NS(=O)(=O)c1ccc(C)cc1)C(=O)OC. The van der Waals surface area contributed by atoms with Crippen molar-refractivity contribution >= 4 is 21.9 Å². The van der Waals surface area contributed by atoms with Crippen LogP contribution < -0.4 is 4.72 Å². The Morgan fingerprint density at radius 1 is 1.22 bits per heavy atom. The van der Waals surface area contributed by atoms with E-state index in [0.717, 1.165) is 5.56 Å². The van der Waals surface area contributed by atoms with Gasteiger partial charge in [0.05, 0.1) is 17.9 Å². The van der Waals surface area contributed by atoms with E-state index >= 15 is 0 Å². The number of benzene rings is 1. The van der Waals surface area contributed by atoms with Gasteiger partial charge < -0.3 is 4.74 Å². The summed E-state index contributed by atoms with van der Waals surface area (Å²) in [5.41, 5.74) is 1.61. The van der Waals surface area contributed by atoms with Crippen LogP contribution in [0.25, 0.3) is 0 Å². The number of esters is 1. The minimum absolute atomic E-state index is 0.00836. The number of hydrogen-bond donors (Lipinski definition) is 1. The van der Waals surface area contributed by atoms with Crippen molar-refractivity contribution in [1.29, 1.82) is 0 Å². The molecule has 6 nitrogen and oxygen atoms in total. The van der Waals surface area contributed by atoms with E-state index in [1.54, 1.807) is 19.1 Å². The third-order valence-corrected chi connectivity index (χ3v) is 4.53. The van der Waals surface area contributed by atoms with Crippen molar-refractivity contribution in [3.8, 4) is 0 Å². The number of nitrogens with one attached hydrogen (secondary N) is 1. The molecule has 0 radical (unpaired) electrons. The molecule has 0 aliphatic rings. The molecule has 0 aliphatic heterocycles. The highest BCUT2D eigenvalue weighted by atomic mass is 32.2. The summed E-state index contributed by atoms with van der Waals surface area (Å²) in [4.78, 5) is 23.6. The van der Waals surface area contributed by atoms with Gasteiger partial charge >= 0.3 is 5.97 Å². The first-order valence-electron chi connectivity index (χ1n) is 7.00. The average Bonchev–Trinajstić information content (AvgIpc) is 2.45. The second-order valence-electron chi connectivity index (χ2n) is 5.43. The van der Waals surface area contributed by atoms with Crippen molar-refractivity contribution in [2.75, 3.05) is 7.11 Å². The van der Waals surface area contributed by atoms with Crippen LogP contribution in [0.4, 0.5) is 0 Å². The van der Waals surface area contributed by atoms with Gasteiger partial charge in [-0.3, -0.25) is 9.59 Å². The number of hydrogen-bond acceptors (Lipinski definition) is 5. The van der Waals surface area contributed by atoms with Crippen molar-refractivity contribution < 1.29 is 22.7 Å². The second kappa shape index (κ2) is 7.92. The number of rotatable bonds is 7. The van der Waals surface area contributed by atoms with Crippen LogP contribution in [-0.2, 0) is 24.3 Å². The van der Waals surface area contributed by atoms with Crippen molar-refractivity contribution in [3.63, 3.8) is 0 Å². The third kappa shape index (κ3) is 5.86. The van der Waals surface area contributed by atoms with Gasteiger partial charge in [0.15, 0.2) is 0 Å². The molecule has 0 bridgehead atoms. The van der Waals surface area contributed by atoms with Gasteiger partial charge in [-0.1, -0.05) is 23.3 Å². The minimum atomic E-state index is -3.96. The summed E-state index contributed by atoms with van der Waals surface area (Å²) < 4.78 is 30.9. The molecule has 1 aromatic rings. The van der Waals surface area contributed by atoms with E-state index in [9.17, 15) is 18.0 Å². The number of sulfonamides is 1. The van der Waals surface area contributed by atoms with Crippen molar-refractivity contribution in [2.24, 2.45) is 5.92 Å². The Labute approximate surface area is 136 Å². The van der Waals surface area contributed by atoms with Gasteiger partial charge in [0.25, 0.3) is 10.0 Å². The number of allylic oxidation sites excluding steroid dienone is 1. The monoisotopic (exact) mass is 339 g/mol. The fourth-order valence-corrected chi connectivity index (χ4v) is 3.01. The van der Waals surface area contributed by atoms with E-state index in [2.05, 4.69) is 11.3 Å². The fourth-order valence-electron chi connectivity index (χ4n) is 2.02. The number of carbonyl (C=O) groups is 2. The van der Waals surface area contributed by atoms with Gasteiger partial charge in [0, 0.05) is 6.42 Å². The highest BCUT2D eigenvalue weighted by Gasteiger charge is 2.25. The summed E-state index contributed by atoms with van der Waals surface area (Å²) in [7, 11) is -2.74. The molecule has 1 atom stereocenters. The van der Waals surface area contributed by atoms with E-state index in [-0.39, 0.29) is 17.7 Å². The first-order chi connectivity index (χ1) is 10.7. The van der Waals surface area contributed by atoms with Crippen LogP contribution in [-0.4, -0.2) is 27.4 Å². The second-order valence-corrected chi connectivity index (χ2v) is 7.11. The molecule has 1 N–H and O–H groups in total. The lowest BCUT2D eigenvalue weighted by atomic mass is 9.97. The summed E-state index contributed by atoms with van der Waals surface area (Å²) in [5, 5.41) is 0. The first kappa shape index (κ1) is 18.9. The Balaban J connectivity index is 2.82. The van der Waals surface area contributed by atoms with E-state index in [1.807, 2.05) is 11.6 Å². The Morgan fingerprint density at radius 3 is 2.26 bits per heavy atom. The van der Waals surface area contributed by atoms with Crippen molar-refractivity contribution in [1.82, 2.24) is 4.72 Å². The molecule has 0 aromatic heterocycles. The first-order valence-corrected chi connectivity index (χ1v) is 8.48. The molecule has 1 amide bonds. The molecule has 0 spiro atoms. The number of carbonyl (C=O) groups excluding carboxylic acids is 2. The molecule has 1 unspecified atom stereocenters. The zero-order valence-corrected chi connectivity index (χ0v) is 14.3. The topological polar surface area (TPSA) is 89.5 Å². The highest BCUT2D eigenvalue weighted by Crippen LogP contribution is 2.17. The van der Waals surface area contributed by atoms with Crippen LogP contribution in [0.2, 0.25) is 0 Å². The standard InChI is InChI=1S/C16H21NO5S/c1-11(2)9-13(16(19)22-4)10-15(18)17-23(20,21)14-7-5-12(3)6-8-14/h5-8,13H,1,9-10H2,2-4H3,(H,17,18). The van der Waals surface area contributed by atoms with Crippen LogP contribution in [0.3, 0.4) is 0 Å². The van der Waals surface area contributed by atoms with Crippen molar-refractivity contribution in [2.45, 2.75) is 31.6 Å². The molecule has 0 fully saturated rings. The van der Waals surface area contributed by atoms with Crippen LogP contribution in [0.5, 0.6) is 0 Å². The van der Waals surface area contributed by atoms with Crippen LogP contribution in [0, 0.1) is 12.8 Å². The van der Waals surface area contributed by atoms with Gasteiger partial charge in [-0.05, 0) is 32.4 Å². The molecular weight excluding hydrogens is 318 g/mol. The molecule has 0 heterocycles. The van der Waals surface area contributed by atoms with Gasteiger partial charge in [0.1, 0.15) is 0 Å². The van der Waals surface area contributed by atoms with E-state index < -0.39 is 27.8 Å². The minimum Gasteiger partial charge on any atom is -0.469 e. The summed E-state index contributed by atoms with van der Waals surface area (Å²) in [6.07, 6.45) is -0.0324. The summed E-state index contributed by atoms with van der Waals surface area (Å²) in [6, 6.07) is 6.10. The zero-order chi connectivity index (χ0) is 17.6. The smallest absolute Gasteiger partial charge is 0.309 e. The molecule has 7 heteroatoms. The highest BCUT2D eigenvalue weighted by molar-refractivity contribution is 7.90. The summed E-state index contributed by atoms with van der Waals surface area (Å²) in [5.74, 6) is -2.09. The largest absolute Gasteiger partial charge is 0.469 e. The maximum Gasteiger partial charge on any atom is 0.309 e. The van der Waals surface area contributed by atoms with E-state index in [0.29, 0.717) is 5.57 Å². The van der Waals surface area contributed by atoms with Gasteiger partial charge in [-0.15, -0.1) is 6.58 Å². The molecule has 1 aromatic carbocycles. The lowest BCUT2D eigenvalue weighted by Crippen LogP contribution is -2.33. The lowest BCUT2D eigenvalue weighted by Gasteiger charge is -2.14. The number of aryl methyl sites for hydroxylation is 1. The third-order valence-electron chi connectivity index (χ3n) is 3.14. The Hall–Kier alpha value is -2.15. The van der Waals surface area contributed by atoms with Gasteiger partial charge in [-0.25, -0.2) is 13.1 Å². The Morgan fingerprint density at radius 2 is 1.78 bits per heavy atom. The van der Waals surface area contributed by atoms with Crippen molar-refractivity contribution in [3.05, 3.63) is 42.0 Å². The molecule has 126 valence electrons. The van der Waals surface area contributed by atoms with Crippen LogP contribution >= 0.6 is 0 Å². The molecule has 0 saturated heterocycles.